The zero-order chi connectivity index (χ0) is 36.4. The standard InChI is InChI=1S/C22H27N3O20P2S2/c26-13-3-4-24(22(34)23-13)19-17(30)14(27)11(42-19)6-41-46(37,38)45-47(39,40)44-21-18(31)16(29)15(28)12(43-21)7-48-49-8-1-2-10(25(35)36)9(5-8)20(32)33/h1-5,11-12,14-19,21,27-31H,6-7H2,(H,32,33)(H,37,38)(H,39,40)(H,23,26,34)/t11-,12-,14+,15+,16+,17?,18-,19-,21?/m1/s1. The number of benzene rings is 1. The smallest absolute Gasteiger partial charge is 0.477 e. The summed E-state index contributed by atoms with van der Waals surface area (Å²) in [6.45, 7) is -1.08. The third kappa shape index (κ3) is 9.62. The van der Waals surface area contributed by atoms with Gasteiger partial charge in [0, 0.05) is 29.0 Å². The molecule has 49 heavy (non-hydrogen) atoms. The van der Waals surface area contributed by atoms with Crippen molar-refractivity contribution in [3.8, 4) is 0 Å². The summed E-state index contributed by atoms with van der Waals surface area (Å²) in [6, 6.07) is 4.14. The first-order valence-corrected chi connectivity index (χ1v) is 18.6. The van der Waals surface area contributed by atoms with Gasteiger partial charge in [0.2, 0.25) is 0 Å². The number of aliphatic hydroxyl groups is 5. The number of nitro benzene ring substituents is 1. The Hall–Kier alpha value is -2.55. The van der Waals surface area contributed by atoms with Gasteiger partial charge in [-0.25, -0.2) is 18.7 Å². The number of aromatic amines is 1. The molecule has 27 heteroatoms. The van der Waals surface area contributed by atoms with Gasteiger partial charge in [-0.15, -0.1) is 0 Å². The first kappa shape index (κ1) is 39.2. The van der Waals surface area contributed by atoms with Crippen LogP contribution in [0.3, 0.4) is 0 Å². The van der Waals surface area contributed by atoms with Crippen LogP contribution < -0.4 is 11.2 Å². The molecule has 9 N–H and O–H groups in total. The van der Waals surface area contributed by atoms with E-state index in [0.717, 1.165) is 46.0 Å². The van der Waals surface area contributed by atoms with Crippen LogP contribution in [0.15, 0.2) is 44.9 Å². The van der Waals surface area contributed by atoms with Gasteiger partial charge in [0.1, 0.15) is 42.2 Å². The number of nitrogens with zero attached hydrogens (tertiary/aromatic N) is 2. The number of carboxylic acids is 1. The average Bonchev–Trinajstić information content (AvgIpc) is 3.29. The van der Waals surface area contributed by atoms with E-state index >= 15 is 0 Å². The fourth-order valence-electron chi connectivity index (χ4n) is 4.40. The molecule has 0 amide bonds. The average molecular weight is 780 g/mol. The Morgan fingerprint density at radius 2 is 1.65 bits per heavy atom. The van der Waals surface area contributed by atoms with Crippen molar-refractivity contribution in [2.45, 2.75) is 60.1 Å². The van der Waals surface area contributed by atoms with Crippen molar-refractivity contribution < 1.29 is 82.1 Å². The Bertz CT molecular complexity index is 1760. The lowest BCUT2D eigenvalue weighted by atomic mass is 10.0. The minimum Gasteiger partial charge on any atom is -0.477 e. The Kier molecular flexibility index (Phi) is 12.6. The van der Waals surface area contributed by atoms with E-state index in [1.54, 1.807) is 0 Å². The van der Waals surface area contributed by atoms with Gasteiger partial charge in [-0.3, -0.25) is 33.5 Å². The summed E-state index contributed by atoms with van der Waals surface area (Å²) in [5.74, 6) is -1.83. The van der Waals surface area contributed by atoms with Crippen molar-refractivity contribution in [3.63, 3.8) is 0 Å². The molecule has 11 atom stereocenters. The molecular formula is C22H27N3O20P2S2. The quantitative estimate of drug-likeness (QED) is 0.0445. The van der Waals surface area contributed by atoms with E-state index in [1.807, 2.05) is 4.98 Å². The lowest BCUT2D eigenvalue weighted by molar-refractivity contribution is -0.385. The highest BCUT2D eigenvalue weighted by Gasteiger charge is 2.49. The number of aromatic carboxylic acids is 1. The highest BCUT2D eigenvalue weighted by Crippen LogP contribution is 2.61. The van der Waals surface area contributed by atoms with Crippen molar-refractivity contribution in [3.05, 3.63) is 67.0 Å². The topological polar surface area (TPSA) is 357 Å². The first-order valence-electron chi connectivity index (χ1n) is 13.3. The molecule has 0 saturated carbocycles. The van der Waals surface area contributed by atoms with E-state index < -0.39 is 111 Å². The maximum absolute atomic E-state index is 12.6. The molecule has 1 aromatic heterocycles. The second kappa shape index (κ2) is 15.8. The summed E-state index contributed by atoms with van der Waals surface area (Å²) in [4.78, 5) is 67.1. The number of ether oxygens (including phenoxy) is 2. The zero-order valence-corrected chi connectivity index (χ0v) is 27.5. The SMILES string of the molecule is O=C(O)c1cc(SSC[C@H]2OC(OP(=O)(O)OP(=O)(O)OC[C@H]3O[C@@H](n4ccc(=O)[nH]c4=O)C(O)[C@H]3O)[C@H](O)[C@@H](O)[C@H]2O)ccc1[N+](=O)[O-]. The summed E-state index contributed by atoms with van der Waals surface area (Å²) in [5.41, 5.74) is -3.05. The van der Waals surface area contributed by atoms with Crippen LogP contribution in [0.5, 0.6) is 0 Å². The molecular weight excluding hydrogens is 752 g/mol. The molecule has 4 rings (SSSR count). The number of hydrogen-bond acceptors (Lipinski definition) is 19. The van der Waals surface area contributed by atoms with Crippen LogP contribution >= 0.6 is 37.2 Å². The fraction of sp³-hybridized carbons (Fsp3) is 0.500. The predicted molar refractivity (Wildman–Crippen MR) is 160 cm³/mol. The third-order valence-corrected chi connectivity index (χ3v) is 11.7. The van der Waals surface area contributed by atoms with Gasteiger partial charge in [-0.1, -0.05) is 21.6 Å². The number of aromatic nitrogens is 2. The van der Waals surface area contributed by atoms with Crippen LogP contribution in [-0.4, -0.2) is 122 Å². The lowest BCUT2D eigenvalue weighted by Crippen LogP contribution is -2.58. The van der Waals surface area contributed by atoms with Gasteiger partial charge in [-0.05, 0) is 12.1 Å². The Morgan fingerprint density at radius 3 is 2.29 bits per heavy atom. The molecule has 2 fully saturated rings. The summed E-state index contributed by atoms with van der Waals surface area (Å²) < 4.78 is 49.7. The van der Waals surface area contributed by atoms with Crippen LogP contribution in [0.4, 0.5) is 5.69 Å². The first-order chi connectivity index (χ1) is 22.8. The van der Waals surface area contributed by atoms with Crippen molar-refractivity contribution >= 4 is 48.9 Å². The molecule has 4 unspecified atom stereocenters. The molecule has 0 spiro atoms. The Morgan fingerprint density at radius 1 is 0.980 bits per heavy atom. The molecule has 3 heterocycles. The minimum absolute atomic E-state index is 0.226. The fourth-order valence-corrected chi connectivity index (χ4v) is 8.79. The predicted octanol–water partition coefficient (Wildman–Crippen LogP) is -1.74. The van der Waals surface area contributed by atoms with E-state index in [0.29, 0.717) is 4.57 Å². The lowest BCUT2D eigenvalue weighted by Gasteiger charge is -2.40. The number of rotatable bonds is 14. The van der Waals surface area contributed by atoms with Crippen LogP contribution in [-0.2, 0) is 32.0 Å². The molecule has 2 saturated heterocycles. The van der Waals surface area contributed by atoms with Crippen LogP contribution in [0.1, 0.15) is 16.6 Å². The van der Waals surface area contributed by atoms with Crippen LogP contribution in [0, 0.1) is 10.1 Å². The third-order valence-electron chi connectivity index (χ3n) is 6.76. The summed E-state index contributed by atoms with van der Waals surface area (Å²) in [7, 11) is -9.57. The number of hydrogen-bond donors (Lipinski definition) is 9. The van der Waals surface area contributed by atoms with Gasteiger partial charge in [-0.2, -0.15) is 4.31 Å². The molecule has 2 aromatic rings. The monoisotopic (exact) mass is 779 g/mol. The van der Waals surface area contributed by atoms with E-state index in [9.17, 15) is 74.1 Å². The minimum atomic E-state index is -5.72. The zero-order valence-electron chi connectivity index (χ0n) is 24.1. The van der Waals surface area contributed by atoms with Gasteiger partial charge < -0.3 is 49.9 Å². The maximum atomic E-state index is 12.6. The molecule has 0 bridgehead atoms. The second-order valence-corrected chi connectivity index (χ2v) is 15.5. The summed E-state index contributed by atoms with van der Waals surface area (Å²) in [5, 5.41) is 71.6. The molecule has 2 aliphatic heterocycles. The van der Waals surface area contributed by atoms with E-state index in [-0.39, 0.29) is 10.6 Å². The van der Waals surface area contributed by atoms with Crippen molar-refractivity contribution in [1.82, 2.24) is 9.55 Å². The second-order valence-electron chi connectivity index (χ2n) is 10.1. The highest BCUT2D eigenvalue weighted by atomic mass is 33.1. The van der Waals surface area contributed by atoms with Crippen LogP contribution in [0.2, 0.25) is 0 Å². The van der Waals surface area contributed by atoms with Crippen LogP contribution in [0.25, 0.3) is 0 Å². The normalized spacial score (nSPS) is 31.1. The Balaban J connectivity index is 1.34. The molecule has 1 aromatic carbocycles. The highest BCUT2D eigenvalue weighted by molar-refractivity contribution is 8.76. The summed E-state index contributed by atoms with van der Waals surface area (Å²) in [6.07, 6.45) is -15.7. The number of phosphoric ester groups is 2. The molecule has 23 nitrogen and oxygen atoms in total. The Labute approximate surface area is 279 Å². The molecule has 2 aliphatic rings. The number of aliphatic hydroxyl groups excluding tert-OH is 5. The number of phosphoric acid groups is 2. The van der Waals surface area contributed by atoms with Gasteiger partial charge in [0.15, 0.2) is 12.5 Å². The van der Waals surface area contributed by atoms with Crippen molar-refractivity contribution in [2.75, 3.05) is 12.4 Å². The van der Waals surface area contributed by atoms with E-state index in [2.05, 4.69) is 13.4 Å². The molecule has 0 radical (unpaired) electrons. The number of H-pyrrole nitrogens is 1. The van der Waals surface area contributed by atoms with E-state index in [1.165, 1.54) is 6.07 Å². The van der Waals surface area contributed by atoms with Crippen molar-refractivity contribution in [2.24, 2.45) is 0 Å². The number of carbonyl (C=O) groups is 1. The number of carboxylic acid groups (broad SMARTS) is 1. The van der Waals surface area contributed by atoms with Crippen molar-refractivity contribution in [1.29, 1.82) is 0 Å². The molecule has 272 valence electrons. The van der Waals surface area contributed by atoms with Gasteiger partial charge >= 0.3 is 27.3 Å². The van der Waals surface area contributed by atoms with Gasteiger partial charge in [0.05, 0.1) is 17.6 Å². The maximum Gasteiger partial charge on any atom is 0.483 e. The number of nitrogens with one attached hydrogen (secondary N) is 1. The number of nitro groups is 1. The van der Waals surface area contributed by atoms with Gasteiger partial charge in [0.25, 0.3) is 11.2 Å². The van der Waals surface area contributed by atoms with E-state index in [4.69, 9.17) is 9.47 Å². The largest absolute Gasteiger partial charge is 0.483 e. The summed E-state index contributed by atoms with van der Waals surface area (Å²) >= 11 is 0. The molecule has 0 aliphatic carbocycles.